The fourth-order valence-electron chi connectivity index (χ4n) is 5.13. The Bertz CT molecular complexity index is 1140. The average Bonchev–Trinajstić information content (AvgIpc) is 2.98. The molecule has 0 bridgehead atoms. The van der Waals surface area contributed by atoms with Gasteiger partial charge >= 0.3 is 0 Å². The maximum atomic E-state index is 13.8. The Morgan fingerprint density at radius 1 is 0.939 bits per heavy atom. The Morgan fingerprint density at radius 3 is 2.15 bits per heavy atom. The number of carbonyl (C=O) groups excluding carboxylic acids is 3. The number of hydrogen-bond acceptors (Lipinski definition) is 4. The standard InChI is InChI=1S/C27H31N3O3/c1-16-6-11-23(19(4)13-16)24-25(29-14-17(2)12-18(3)15-29)27(33)30(26(24)32)22-9-7-21(8-10-22)28-20(5)31/h6-11,13,17-18H,12,14-15H2,1-5H3,(H,28,31). The summed E-state index contributed by atoms with van der Waals surface area (Å²) in [6.07, 6.45) is 1.11. The molecule has 6 nitrogen and oxygen atoms in total. The Kier molecular flexibility index (Phi) is 6.11. The second kappa shape index (κ2) is 8.85. The second-order valence-corrected chi connectivity index (χ2v) is 9.57. The number of hydrogen-bond donors (Lipinski definition) is 1. The Labute approximate surface area is 195 Å². The van der Waals surface area contributed by atoms with E-state index >= 15 is 0 Å². The van der Waals surface area contributed by atoms with Crippen LogP contribution in [0.2, 0.25) is 0 Å². The molecule has 4 rings (SSSR count). The lowest BCUT2D eigenvalue weighted by atomic mass is 9.90. The highest BCUT2D eigenvalue weighted by molar-refractivity contribution is 6.45. The van der Waals surface area contributed by atoms with Crippen LogP contribution in [-0.4, -0.2) is 35.7 Å². The largest absolute Gasteiger partial charge is 0.366 e. The number of amides is 3. The number of benzene rings is 2. The van der Waals surface area contributed by atoms with Gasteiger partial charge in [-0.1, -0.05) is 37.6 Å². The van der Waals surface area contributed by atoms with E-state index in [0.29, 0.717) is 34.5 Å². The molecule has 172 valence electrons. The van der Waals surface area contributed by atoms with Crippen molar-refractivity contribution in [3.05, 3.63) is 64.9 Å². The molecule has 0 aliphatic carbocycles. The molecular formula is C27H31N3O3. The van der Waals surface area contributed by atoms with E-state index in [4.69, 9.17) is 0 Å². The van der Waals surface area contributed by atoms with Gasteiger partial charge in [-0.05, 0) is 67.5 Å². The van der Waals surface area contributed by atoms with Crippen LogP contribution in [0.15, 0.2) is 48.2 Å². The van der Waals surface area contributed by atoms with Crippen molar-refractivity contribution in [2.45, 2.75) is 41.0 Å². The van der Waals surface area contributed by atoms with Crippen LogP contribution in [0.25, 0.3) is 5.57 Å². The van der Waals surface area contributed by atoms with E-state index < -0.39 is 0 Å². The van der Waals surface area contributed by atoms with E-state index in [9.17, 15) is 14.4 Å². The maximum absolute atomic E-state index is 13.8. The van der Waals surface area contributed by atoms with Crippen LogP contribution in [0.5, 0.6) is 0 Å². The number of nitrogens with one attached hydrogen (secondary N) is 1. The predicted molar refractivity (Wildman–Crippen MR) is 131 cm³/mol. The molecule has 2 aliphatic heterocycles. The number of likely N-dealkylation sites (tertiary alicyclic amines) is 1. The van der Waals surface area contributed by atoms with Gasteiger partial charge in [-0.25, -0.2) is 4.90 Å². The Hall–Kier alpha value is -3.41. The summed E-state index contributed by atoms with van der Waals surface area (Å²) in [5.41, 5.74) is 4.98. The summed E-state index contributed by atoms with van der Waals surface area (Å²) in [4.78, 5) is 42.3. The molecule has 0 radical (unpaired) electrons. The van der Waals surface area contributed by atoms with Crippen molar-refractivity contribution in [1.29, 1.82) is 0 Å². The second-order valence-electron chi connectivity index (χ2n) is 9.57. The monoisotopic (exact) mass is 445 g/mol. The van der Waals surface area contributed by atoms with Gasteiger partial charge < -0.3 is 10.2 Å². The summed E-state index contributed by atoms with van der Waals surface area (Å²) >= 11 is 0. The molecule has 1 saturated heterocycles. The van der Waals surface area contributed by atoms with Crippen LogP contribution in [-0.2, 0) is 14.4 Å². The lowest BCUT2D eigenvalue weighted by Gasteiger charge is -2.37. The predicted octanol–water partition coefficient (Wildman–Crippen LogP) is 4.52. The normalized spacial score (nSPS) is 21.1. The third-order valence-electron chi connectivity index (χ3n) is 6.34. The SMILES string of the molecule is CC(=O)Nc1ccc(N2C(=O)C(c3ccc(C)cc3C)=C(N3CC(C)CC(C)C3)C2=O)cc1. The first kappa shape index (κ1) is 22.8. The summed E-state index contributed by atoms with van der Waals surface area (Å²) in [5, 5.41) is 2.72. The summed E-state index contributed by atoms with van der Waals surface area (Å²) in [5.74, 6) is 0.111. The van der Waals surface area contributed by atoms with Crippen molar-refractivity contribution in [2.75, 3.05) is 23.3 Å². The highest BCUT2D eigenvalue weighted by Gasteiger charge is 2.44. The van der Waals surface area contributed by atoms with Crippen molar-refractivity contribution >= 4 is 34.7 Å². The zero-order valence-corrected chi connectivity index (χ0v) is 19.9. The van der Waals surface area contributed by atoms with E-state index in [0.717, 1.165) is 36.2 Å². The number of carbonyl (C=O) groups is 3. The van der Waals surface area contributed by atoms with Gasteiger partial charge in [-0.3, -0.25) is 14.4 Å². The highest BCUT2D eigenvalue weighted by Crippen LogP contribution is 2.38. The van der Waals surface area contributed by atoms with Gasteiger partial charge in [0.25, 0.3) is 11.8 Å². The van der Waals surface area contributed by atoms with Gasteiger partial charge in [0.2, 0.25) is 5.91 Å². The highest BCUT2D eigenvalue weighted by atomic mass is 16.2. The minimum Gasteiger partial charge on any atom is -0.366 e. The van der Waals surface area contributed by atoms with Gasteiger partial charge in [0.05, 0.1) is 11.3 Å². The number of nitrogens with zero attached hydrogens (tertiary/aromatic N) is 2. The minimum atomic E-state index is -0.305. The first-order valence-corrected chi connectivity index (χ1v) is 11.5. The van der Waals surface area contributed by atoms with Crippen molar-refractivity contribution < 1.29 is 14.4 Å². The smallest absolute Gasteiger partial charge is 0.282 e. The molecule has 6 heteroatoms. The number of piperidine rings is 1. The van der Waals surface area contributed by atoms with Gasteiger partial charge in [0.15, 0.2) is 0 Å². The van der Waals surface area contributed by atoms with Crippen LogP contribution in [0.4, 0.5) is 11.4 Å². The molecule has 2 heterocycles. The first-order valence-electron chi connectivity index (χ1n) is 11.5. The molecule has 3 amide bonds. The van der Waals surface area contributed by atoms with Crippen molar-refractivity contribution in [1.82, 2.24) is 4.90 Å². The lowest BCUT2D eigenvalue weighted by molar-refractivity contribution is -0.121. The van der Waals surface area contributed by atoms with E-state index in [1.807, 2.05) is 32.0 Å². The lowest BCUT2D eigenvalue weighted by Crippen LogP contribution is -2.42. The fourth-order valence-corrected chi connectivity index (χ4v) is 5.13. The number of anilines is 2. The zero-order valence-electron chi connectivity index (χ0n) is 19.9. The molecule has 33 heavy (non-hydrogen) atoms. The van der Waals surface area contributed by atoms with Crippen LogP contribution in [0, 0.1) is 25.7 Å². The molecule has 2 aromatic carbocycles. The molecular weight excluding hydrogens is 414 g/mol. The van der Waals surface area contributed by atoms with Crippen LogP contribution >= 0.6 is 0 Å². The quantitative estimate of drug-likeness (QED) is 0.703. The molecule has 2 unspecified atom stereocenters. The number of aryl methyl sites for hydroxylation is 2. The summed E-state index contributed by atoms with van der Waals surface area (Å²) in [6, 6.07) is 12.8. The summed E-state index contributed by atoms with van der Waals surface area (Å²) in [7, 11) is 0. The molecule has 1 fully saturated rings. The van der Waals surface area contributed by atoms with E-state index in [2.05, 4.69) is 24.1 Å². The molecule has 0 spiro atoms. The summed E-state index contributed by atoms with van der Waals surface area (Å²) < 4.78 is 0. The maximum Gasteiger partial charge on any atom is 0.282 e. The third-order valence-corrected chi connectivity index (χ3v) is 6.34. The molecule has 2 aliphatic rings. The van der Waals surface area contributed by atoms with Crippen molar-refractivity contribution in [2.24, 2.45) is 11.8 Å². The molecule has 0 aromatic heterocycles. The Balaban J connectivity index is 1.80. The van der Waals surface area contributed by atoms with Crippen molar-refractivity contribution in [3.63, 3.8) is 0 Å². The van der Waals surface area contributed by atoms with E-state index in [-0.39, 0.29) is 17.7 Å². The molecule has 2 atom stereocenters. The van der Waals surface area contributed by atoms with Gasteiger partial charge in [-0.2, -0.15) is 0 Å². The topological polar surface area (TPSA) is 69.7 Å². The van der Waals surface area contributed by atoms with Crippen LogP contribution < -0.4 is 10.2 Å². The Morgan fingerprint density at radius 2 is 1.58 bits per heavy atom. The van der Waals surface area contributed by atoms with Crippen molar-refractivity contribution in [3.8, 4) is 0 Å². The van der Waals surface area contributed by atoms with Gasteiger partial charge in [0, 0.05) is 25.7 Å². The average molecular weight is 446 g/mol. The minimum absolute atomic E-state index is 0.175. The summed E-state index contributed by atoms with van der Waals surface area (Å²) in [6.45, 7) is 11.3. The molecule has 2 aromatic rings. The zero-order chi connectivity index (χ0) is 23.9. The third kappa shape index (κ3) is 4.42. The van der Waals surface area contributed by atoms with Gasteiger partial charge in [-0.15, -0.1) is 0 Å². The molecule has 1 N–H and O–H groups in total. The number of imide groups is 1. The molecule has 0 saturated carbocycles. The number of rotatable bonds is 4. The van der Waals surface area contributed by atoms with Gasteiger partial charge in [0.1, 0.15) is 5.70 Å². The van der Waals surface area contributed by atoms with E-state index in [1.165, 1.54) is 11.8 Å². The van der Waals surface area contributed by atoms with E-state index in [1.54, 1.807) is 24.3 Å². The fraction of sp³-hybridized carbons (Fsp3) is 0.370. The first-order chi connectivity index (χ1) is 15.7. The van der Waals surface area contributed by atoms with Crippen LogP contribution in [0.1, 0.15) is 43.9 Å². The van der Waals surface area contributed by atoms with Crippen LogP contribution in [0.3, 0.4) is 0 Å².